The first-order chi connectivity index (χ1) is 8.86. The van der Waals surface area contributed by atoms with Crippen molar-refractivity contribution < 1.29 is 4.74 Å². The van der Waals surface area contributed by atoms with Crippen molar-refractivity contribution in [1.82, 2.24) is 5.32 Å². The average Bonchev–Trinajstić information content (AvgIpc) is 2.42. The Morgan fingerprint density at radius 1 is 1.11 bits per heavy atom. The third-order valence-corrected chi connectivity index (χ3v) is 4.14. The molecule has 2 atom stereocenters. The molecule has 0 aliphatic carbocycles. The molecule has 2 nitrogen and oxygen atoms in total. The minimum absolute atomic E-state index is 0.524. The fourth-order valence-corrected chi connectivity index (χ4v) is 2.86. The number of hydrogen-bond donors (Lipinski definition) is 1. The molecule has 18 heavy (non-hydrogen) atoms. The summed E-state index contributed by atoms with van der Waals surface area (Å²) in [5.74, 6) is 0. The minimum atomic E-state index is 0.524. The van der Waals surface area contributed by atoms with Crippen molar-refractivity contribution in [2.45, 2.75) is 89.7 Å². The molecule has 108 valence electrons. The normalized spacial score (nSPS) is 22.0. The van der Waals surface area contributed by atoms with E-state index in [0.29, 0.717) is 12.1 Å². The third-order valence-electron chi connectivity index (χ3n) is 4.14. The van der Waals surface area contributed by atoms with Gasteiger partial charge in [-0.3, -0.25) is 0 Å². The van der Waals surface area contributed by atoms with Gasteiger partial charge in [0.05, 0.1) is 6.10 Å². The third kappa shape index (κ3) is 7.38. The Hall–Kier alpha value is -0.0800. The predicted molar refractivity (Wildman–Crippen MR) is 79.0 cm³/mol. The van der Waals surface area contributed by atoms with Gasteiger partial charge in [0.1, 0.15) is 0 Å². The highest BCUT2D eigenvalue weighted by atomic mass is 16.5. The van der Waals surface area contributed by atoms with Crippen LogP contribution in [0.3, 0.4) is 0 Å². The molecule has 2 heteroatoms. The molecular weight excluding hydrogens is 222 g/mol. The molecule has 0 radical (unpaired) electrons. The molecule has 1 aliphatic rings. The molecule has 1 aliphatic heterocycles. The molecule has 0 spiro atoms. The molecule has 0 bridgehead atoms. The largest absolute Gasteiger partial charge is 0.378 e. The Kier molecular flexibility index (Phi) is 9.59. The molecule has 0 aromatic rings. The molecule has 2 unspecified atom stereocenters. The van der Waals surface area contributed by atoms with Gasteiger partial charge in [0, 0.05) is 12.6 Å². The van der Waals surface area contributed by atoms with E-state index in [1.54, 1.807) is 0 Å². The molecule has 0 aromatic heterocycles. The molecule has 0 aromatic carbocycles. The second-order valence-electron chi connectivity index (χ2n) is 5.77. The summed E-state index contributed by atoms with van der Waals surface area (Å²) >= 11 is 0. The highest BCUT2D eigenvalue weighted by molar-refractivity contribution is 4.73. The second kappa shape index (κ2) is 10.8. The Morgan fingerprint density at radius 2 is 1.89 bits per heavy atom. The minimum Gasteiger partial charge on any atom is -0.378 e. The van der Waals surface area contributed by atoms with E-state index in [2.05, 4.69) is 19.3 Å². The van der Waals surface area contributed by atoms with E-state index in [0.717, 1.165) is 6.61 Å². The van der Waals surface area contributed by atoms with Crippen molar-refractivity contribution in [3.63, 3.8) is 0 Å². The van der Waals surface area contributed by atoms with Crippen molar-refractivity contribution in [3.05, 3.63) is 0 Å². The molecular formula is C16H33NO. The van der Waals surface area contributed by atoms with Gasteiger partial charge in [-0.15, -0.1) is 0 Å². The van der Waals surface area contributed by atoms with E-state index >= 15 is 0 Å². The summed E-state index contributed by atoms with van der Waals surface area (Å²) in [6.07, 6.45) is 15.3. The first-order valence-corrected chi connectivity index (χ1v) is 8.15. The summed E-state index contributed by atoms with van der Waals surface area (Å²) in [7, 11) is 2.10. The van der Waals surface area contributed by atoms with Crippen LogP contribution in [0, 0.1) is 0 Å². The van der Waals surface area contributed by atoms with E-state index in [1.165, 1.54) is 70.6 Å². The molecule has 1 saturated heterocycles. The lowest BCUT2D eigenvalue weighted by Crippen LogP contribution is -2.32. The van der Waals surface area contributed by atoms with Crippen LogP contribution < -0.4 is 5.32 Å². The van der Waals surface area contributed by atoms with Gasteiger partial charge in [0.15, 0.2) is 0 Å². The van der Waals surface area contributed by atoms with Crippen LogP contribution in [0.15, 0.2) is 0 Å². The van der Waals surface area contributed by atoms with Crippen LogP contribution in [0.4, 0.5) is 0 Å². The van der Waals surface area contributed by atoms with Gasteiger partial charge in [-0.2, -0.15) is 0 Å². The lowest BCUT2D eigenvalue weighted by Gasteiger charge is -2.26. The van der Waals surface area contributed by atoms with Crippen LogP contribution in [0.1, 0.15) is 77.6 Å². The molecule has 1 fully saturated rings. The topological polar surface area (TPSA) is 21.3 Å². The zero-order valence-electron chi connectivity index (χ0n) is 12.5. The quantitative estimate of drug-likeness (QED) is 0.588. The Bertz CT molecular complexity index is 178. The monoisotopic (exact) mass is 255 g/mol. The van der Waals surface area contributed by atoms with Crippen molar-refractivity contribution in [2.24, 2.45) is 0 Å². The summed E-state index contributed by atoms with van der Waals surface area (Å²) in [6.45, 7) is 3.26. The maximum absolute atomic E-state index is 5.83. The molecule has 0 saturated carbocycles. The standard InChI is InChI=1S/C16H33NO/c1-3-4-5-6-7-8-11-15(17-2)14-16-12-9-10-13-18-16/h15-17H,3-14H2,1-2H3. The summed E-state index contributed by atoms with van der Waals surface area (Å²) in [4.78, 5) is 0. The summed E-state index contributed by atoms with van der Waals surface area (Å²) in [6, 6.07) is 0.666. The van der Waals surface area contributed by atoms with Gasteiger partial charge in [0.25, 0.3) is 0 Å². The smallest absolute Gasteiger partial charge is 0.0590 e. The van der Waals surface area contributed by atoms with Gasteiger partial charge in [0.2, 0.25) is 0 Å². The van der Waals surface area contributed by atoms with Crippen LogP contribution >= 0.6 is 0 Å². The van der Waals surface area contributed by atoms with Crippen molar-refractivity contribution in [1.29, 1.82) is 0 Å². The van der Waals surface area contributed by atoms with Gasteiger partial charge in [-0.1, -0.05) is 45.4 Å². The first-order valence-electron chi connectivity index (χ1n) is 8.15. The zero-order chi connectivity index (χ0) is 13.1. The van der Waals surface area contributed by atoms with Crippen LogP contribution in [0.5, 0.6) is 0 Å². The van der Waals surface area contributed by atoms with Gasteiger partial charge < -0.3 is 10.1 Å². The highest BCUT2D eigenvalue weighted by Crippen LogP contribution is 2.19. The zero-order valence-corrected chi connectivity index (χ0v) is 12.5. The molecule has 1 rings (SSSR count). The van der Waals surface area contributed by atoms with Gasteiger partial charge in [-0.05, 0) is 39.2 Å². The number of hydrogen-bond acceptors (Lipinski definition) is 2. The maximum Gasteiger partial charge on any atom is 0.0590 e. The summed E-state index contributed by atoms with van der Waals surface area (Å²) < 4.78 is 5.83. The van der Waals surface area contributed by atoms with Crippen molar-refractivity contribution >= 4 is 0 Å². The highest BCUT2D eigenvalue weighted by Gasteiger charge is 2.18. The number of unbranched alkanes of at least 4 members (excludes halogenated alkanes) is 5. The Balaban J connectivity index is 2.01. The first kappa shape index (κ1) is 16.0. The fraction of sp³-hybridized carbons (Fsp3) is 1.00. The fourth-order valence-electron chi connectivity index (χ4n) is 2.86. The van der Waals surface area contributed by atoms with E-state index < -0.39 is 0 Å². The average molecular weight is 255 g/mol. The van der Waals surface area contributed by atoms with Gasteiger partial charge in [-0.25, -0.2) is 0 Å². The lowest BCUT2D eigenvalue weighted by molar-refractivity contribution is 0.00502. The van der Waals surface area contributed by atoms with Crippen molar-refractivity contribution in [3.8, 4) is 0 Å². The van der Waals surface area contributed by atoms with E-state index in [1.807, 2.05) is 0 Å². The van der Waals surface area contributed by atoms with E-state index in [4.69, 9.17) is 4.74 Å². The van der Waals surface area contributed by atoms with Crippen LogP contribution in [0.2, 0.25) is 0 Å². The van der Waals surface area contributed by atoms with Crippen LogP contribution in [-0.4, -0.2) is 25.8 Å². The Labute approximate surface area is 114 Å². The summed E-state index contributed by atoms with van der Waals surface area (Å²) in [5, 5.41) is 3.47. The SMILES string of the molecule is CCCCCCCCC(CC1CCCCO1)NC. The van der Waals surface area contributed by atoms with E-state index in [9.17, 15) is 0 Å². The maximum atomic E-state index is 5.83. The van der Waals surface area contributed by atoms with Gasteiger partial charge >= 0.3 is 0 Å². The van der Waals surface area contributed by atoms with Crippen LogP contribution in [0.25, 0.3) is 0 Å². The molecule has 1 heterocycles. The summed E-state index contributed by atoms with van der Waals surface area (Å²) in [5.41, 5.74) is 0. The number of rotatable bonds is 10. The predicted octanol–water partition coefficient (Wildman–Crippen LogP) is 4.28. The molecule has 0 amide bonds. The Morgan fingerprint density at radius 3 is 2.56 bits per heavy atom. The molecule has 1 N–H and O–H groups in total. The van der Waals surface area contributed by atoms with Crippen LogP contribution in [-0.2, 0) is 4.74 Å². The van der Waals surface area contributed by atoms with Crippen molar-refractivity contribution in [2.75, 3.05) is 13.7 Å². The van der Waals surface area contributed by atoms with E-state index in [-0.39, 0.29) is 0 Å². The number of ether oxygens (including phenoxy) is 1. The second-order valence-corrected chi connectivity index (χ2v) is 5.77. The lowest BCUT2D eigenvalue weighted by atomic mass is 9.97. The number of nitrogens with one attached hydrogen (secondary N) is 1.